The molecule has 1 heterocycles. The highest BCUT2D eigenvalue weighted by Crippen LogP contribution is 2.42. The van der Waals surface area contributed by atoms with Gasteiger partial charge in [-0.05, 0) is 65.9 Å². The van der Waals surface area contributed by atoms with E-state index in [0.29, 0.717) is 34.7 Å². The zero-order valence-corrected chi connectivity index (χ0v) is 20.8. The first-order valence-corrected chi connectivity index (χ1v) is 12.3. The highest BCUT2D eigenvalue weighted by Gasteiger charge is 2.46. The molecule has 1 amide bonds. The van der Waals surface area contributed by atoms with E-state index in [-0.39, 0.29) is 17.8 Å². The average Bonchev–Trinajstić information content (AvgIpc) is 3.17. The summed E-state index contributed by atoms with van der Waals surface area (Å²) in [7, 11) is 0. The Morgan fingerprint density at radius 2 is 1.49 bits per heavy atom. The maximum absolute atomic E-state index is 13.3. The number of carbonyl (C=O) groups is 3. The third kappa shape index (κ3) is 5.40. The van der Waals surface area contributed by atoms with Crippen molar-refractivity contribution in [3.05, 3.63) is 101 Å². The molecular formula is C30H29NO6. The molecule has 7 heteroatoms. The average molecular weight is 500 g/mol. The number of carboxylic acid groups (broad SMARTS) is 1. The Bertz CT molecular complexity index is 1320. The van der Waals surface area contributed by atoms with Crippen LogP contribution in [0.3, 0.4) is 0 Å². The van der Waals surface area contributed by atoms with E-state index in [1.54, 1.807) is 48.5 Å². The van der Waals surface area contributed by atoms with E-state index in [1.165, 1.54) is 4.90 Å². The van der Waals surface area contributed by atoms with Crippen LogP contribution in [0, 0.1) is 0 Å². The number of amides is 1. The molecule has 1 aliphatic heterocycles. The second-order valence-corrected chi connectivity index (χ2v) is 8.87. The number of aryl methyl sites for hydroxylation is 1. The predicted octanol–water partition coefficient (Wildman–Crippen LogP) is 5.29. The molecule has 3 aromatic rings. The molecule has 0 bridgehead atoms. The first-order valence-electron chi connectivity index (χ1n) is 12.3. The summed E-state index contributed by atoms with van der Waals surface area (Å²) in [6.45, 7) is 4.61. The first kappa shape index (κ1) is 25.7. The Kier molecular flexibility index (Phi) is 7.72. The van der Waals surface area contributed by atoms with Gasteiger partial charge in [-0.25, -0.2) is 0 Å². The van der Waals surface area contributed by atoms with Crippen LogP contribution in [0.1, 0.15) is 48.6 Å². The van der Waals surface area contributed by atoms with Crippen molar-refractivity contribution in [1.82, 2.24) is 0 Å². The molecule has 1 unspecified atom stereocenters. The summed E-state index contributed by atoms with van der Waals surface area (Å²) in [6.07, 6.45) is 1.54. The summed E-state index contributed by atoms with van der Waals surface area (Å²) in [5.74, 6) is -2.14. The van der Waals surface area contributed by atoms with Gasteiger partial charge in [-0.15, -0.1) is 0 Å². The van der Waals surface area contributed by atoms with Crippen molar-refractivity contribution >= 4 is 29.1 Å². The van der Waals surface area contributed by atoms with Gasteiger partial charge in [0, 0.05) is 11.3 Å². The second kappa shape index (κ2) is 11.1. The van der Waals surface area contributed by atoms with E-state index in [2.05, 4.69) is 0 Å². The highest BCUT2D eigenvalue weighted by atomic mass is 16.5. The van der Waals surface area contributed by atoms with E-state index in [4.69, 9.17) is 9.84 Å². The normalized spacial score (nSPS) is 16.7. The summed E-state index contributed by atoms with van der Waals surface area (Å²) >= 11 is 0. The Morgan fingerprint density at radius 3 is 2.05 bits per heavy atom. The molecule has 1 atom stereocenters. The molecule has 0 aliphatic carbocycles. The number of Topliss-reactive ketones (excluding diaryl/α,β-unsaturated/α-hetero) is 1. The molecule has 37 heavy (non-hydrogen) atoms. The number of benzene rings is 3. The molecule has 3 aromatic carbocycles. The fraction of sp³-hybridized carbons (Fsp3) is 0.233. The first-order chi connectivity index (χ1) is 17.8. The van der Waals surface area contributed by atoms with Crippen molar-refractivity contribution in [3.63, 3.8) is 0 Å². The summed E-state index contributed by atoms with van der Waals surface area (Å²) in [4.78, 5) is 39.1. The molecule has 1 fully saturated rings. The van der Waals surface area contributed by atoms with Crippen LogP contribution in [0.15, 0.2) is 78.4 Å². The largest absolute Gasteiger partial charge is 0.507 e. The van der Waals surface area contributed by atoms with Crippen LogP contribution in [-0.4, -0.2) is 34.5 Å². The number of anilines is 1. The quantitative estimate of drug-likeness (QED) is 0.236. The zero-order valence-electron chi connectivity index (χ0n) is 20.8. The lowest BCUT2D eigenvalue weighted by Crippen LogP contribution is -2.29. The van der Waals surface area contributed by atoms with Crippen LogP contribution < -0.4 is 9.64 Å². The molecule has 0 aromatic heterocycles. The highest BCUT2D eigenvalue weighted by molar-refractivity contribution is 6.51. The third-order valence-electron chi connectivity index (χ3n) is 6.32. The van der Waals surface area contributed by atoms with Gasteiger partial charge in [0.15, 0.2) is 0 Å². The number of ether oxygens (including phenoxy) is 1. The van der Waals surface area contributed by atoms with Crippen LogP contribution in [0.5, 0.6) is 5.75 Å². The van der Waals surface area contributed by atoms with Gasteiger partial charge in [0.1, 0.15) is 11.5 Å². The van der Waals surface area contributed by atoms with E-state index in [9.17, 15) is 19.5 Å². The van der Waals surface area contributed by atoms with E-state index >= 15 is 0 Å². The lowest BCUT2D eigenvalue weighted by Gasteiger charge is -2.26. The van der Waals surface area contributed by atoms with Crippen molar-refractivity contribution in [3.8, 4) is 5.75 Å². The number of aliphatic hydroxyl groups is 1. The van der Waals surface area contributed by atoms with Gasteiger partial charge in [-0.1, -0.05) is 50.2 Å². The molecule has 190 valence electrons. The van der Waals surface area contributed by atoms with Crippen LogP contribution in [0.4, 0.5) is 5.69 Å². The summed E-state index contributed by atoms with van der Waals surface area (Å²) < 4.78 is 5.61. The van der Waals surface area contributed by atoms with Gasteiger partial charge in [-0.3, -0.25) is 19.3 Å². The van der Waals surface area contributed by atoms with Gasteiger partial charge in [-0.2, -0.15) is 0 Å². The smallest absolute Gasteiger partial charge is 0.307 e. The number of aliphatic hydroxyl groups excluding tert-OH is 1. The predicted molar refractivity (Wildman–Crippen MR) is 141 cm³/mol. The molecule has 7 nitrogen and oxygen atoms in total. The molecule has 2 N–H and O–H groups in total. The zero-order chi connectivity index (χ0) is 26.5. The second-order valence-electron chi connectivity index (χ2n) is 8.87. The fourth-order valence-electron chi connectivity index (χ4n) is 4.38. The number of carbonyl (C=O) groups excluding carboxylic acids is 2. The lowest BCUT2D eigenvalue weighted by atomic mass is 9.94. The minimum atomic E-state index is -0.963. The summed E-state index contributed by atoms with van der Waals surface area (Å²) in [6, 6.07) is 20.0. The van der Waals surface area contributed by atoms with Gasteiger partial charge < -0.3 is 14.9 Å². The van der Waals surface area contributed by atoms with Crippen molar-refractivity contribution < 1.29 is 29.3 Å². The molecule has 1 aliphatic rings. The molecule has 0 radical (unpaired) electrons. The number of aliphatic carboxylic acids is 1. The van der Waals surface area contributed by atoms with Gasteiger partial charge >= 0.3 is 5.97 Å². The van der Waals surface area contributed by atoms with E-state index in [1.807, 2.05) is 38.1 Å². The minimum Gasteiger partial charge on any atom is -0.507 e. The van der Waals surface area contributed by atoms with Crippen molar-refractivity contribution in [2.24, 2.45) is 0 Å². The molecule has 0 spiro atoms. The number of rotatable bonds is 9. The van der Waals surface area contributed by atoms with Crippen LogP contribution in [0.25, 0.3) is 5.76 Å². The number of carboxylic acids is 1. The van der Waals surface area contributed by atoms with Crippen LogP contribution >= 0.6 is 0 Å². The van der Waals surface area contributed by atoms with Gasteiger partial charge in [0.25, 0.3) is 11.7 Å². The SMILES string of the molecule is CCCOc1ccc(/C(O)=C2\C(=O)C(=O)N(c3ccc(CC(=O)O)cc3)C2c2ccc(CC)cc2)cc1. The maximum atomic E-state index is 13.3. The Morgan fingerprint density at radius 1 is 0.865 bits per heavy atom. The van der Waals surface area contributed by atoms with Gasteiger partial charge in [0.2, 0.25) is 0 Å². The van der Waals surface area contributed by atoms with Crippen molar-refractivity contribution in [2.75, 3.05) is 11.5 Å². The Labute approximate surface area is 215 Å². The molecule has 1 saturated heterocycles. The number of ketones is 1. The maximum Gasteiger partial charge on any atom is 0.307 e. The summed E-state index contributed by atoms with van der Waals surface area (Å²) in [5, 5.41) is 20.4. The molecular weight excluding hydrogens is 470 g/mol. The van der Waals surface area contributed by atoms with Crippen LogP contribution in [-0.2, 0) is 27.2 Å². The van der Waals surface area contributed by atoms with E-state index < -0.39 is 23.7 Å². The molecule has 0 saturated carbocycles. The Hall–Kier alpha value is -4.39. The van der Waals surface area contributed by atoms with Gasteiger partial charge in [0.05, 0.1) is 24.6 Å². The molecule has 4 rings (SSSR count). The number of nitrogens with zero attached hydrogens (tertiary/aromatic N) is 1. The Balaban J connectivity index is 1.81. The standard InChI is InChI=1S/C30H29NO6/c1-3-17-37-24-15-11-22(12-16-24)28(34)26-27(21-9-5-19(4-2)6-10-21)31(30(36)29(26)35)23-13-7-20(8-14-23)18-25(32)33/h5-16,27,34H,3-4,17-18H2,1-2H3,(H,32,33)/b28-26+. The van der Waals surface area contributed by atoms with Crippen molar-refractivity contribution in [1.29, 1.82) is 0 Å². The van der Waals surface area contributed by atoms with E-state index in [0.717, 1.165) is 18.4 Å². The van der Waals surface area contributed by atoms with Crippen molar-refractivity contribution in [2.45, 2.75) is 39.2 Å². The lowest BCUT2D eigenvalue weighted by molar-refractivity contribution is -0.136. The third-order valence-corrected chi connectivity index (χ3v) is 6.32. The topological polar surface area (TPSA) is 104 Å². The monoisotopic (exact) mass is 499 g/mol. The fourth-order valence-corrected chi connectivity index (χ4v) is 4.38. The van der Waals surface area contributed by atoms with Crippen LogP contribution in [0.2, 0.25) is 0 Å². The minimum absolute atomic E-state index is 0.00825. The summed E-state index contributed by atoms with van der Waals surface area (Å²) in [5.41, 5.74) is 3.17. The number of hydrogen-bond acceptors (Lipinski definition) is 5. The number of hydrogen-bond donors (Lipinski definition) is 2.